The van der Waals surface area contributed by atoms with Crippen LogP contribution in [0.15, 0.2) is 65.0 Å². The molecule has 4 rings (SSSR count). The van der Waals surface area contributed by atoms with Crippen LogP contribution in [0.1, 0.15) is 198 Å². The van der Waals surface area contributed by atoms with E-state index < -0.39 is 57.7 Å². The number of aliphatic carboxylic acids is 2. The summed E-state index contributed by atoms with van der Waals surface area (Å²) >= 11 is 2.54. The molecular formula is C77H125N7O24S2. The van der Waals surface area contributed by atoms with E-state index in [9.17, 15) is 62.3 Å². The number of imidazole rings is 1. The number of hydrogen-bond acceptors (Lipinski definition) is 26. The molecule has 4 aromatic rings. The molecule has 0 spiro atoms. The first-order valence-electron chi connectivity index (χ1n) is 35.7. The third-order valence-corrected chi connectivity index (χ3v) is 17.7. The molecule has 2 heterocycles. The highest BCUT2D eigenvalue weighted by atomic mass is 32.2. The molecule has 2 atom stereocenters. The normalized spacial score (nSPS) is 11.2. The summed E-state index contributed by atoms with van der Waals surface area (Å²) in [5.41, 5.74) is 0.829. The molecular weight excluding hydrogens is 1470 g/mol. The number of H-pyrrole nitrogens is 1. The third-order valence-electron chi connectivity index (χ3n) is 15.8. The van der Waals surface area contributed by atoms with Gasteiger partial charge in [-0.1, -0.05) is 115 Å². The molecule has 7 N–H and O–H groups in total. The van der Waals surface area contributed by atoms with E-state index in [1.54, 1.807) is 48.5 Å². The number of benzene rings is 2. The van der Waals surface area contributed by atoms with Crippen molar-refractivity contribution in [1.82, 2.24) is 30.9 Å². The van der Waals surface area contributed by atoms with Crippen molar-refractivity contribution >= 4 is 127 Å². The number of urea groups is 1. The number of carbonyl (C=O) groups is 13. The van der Waals surface area contributed by atoms with Crippen molar-refractivity contribution in [1.29, 1.82) is 0 Å². The Morgan fingerprint density at radius 1 is 0.509 bits per heavy atom. The van der Waals surface area contributed by atoms with Gasteiger partial charge in [-0.25, -0.2) is 24.4 Å². The molecule has 0 radical (unpaired) electrons. The molecule has 0 fully saturated rings. The first kappa shape index (κ1) is 107. The highest BCUT2D eigenvalue weighted by Gasteiger charge is 2.29. The number of carboxylic acid groups (broad SMARTS) is 2. The fourth-order valence-corrected chi connectivity index (χ4v) is 8.17. The van der Waals surface area contributed by atoms with Crippen molar-refractivity contribution in [3.63, 3.8) is 0 Å². The number of hydrogen-bond donors (Lipinski definition) is 7. The molecule has 0 bridgehead atoms. The van der Waals surface area contributed by atoms with E-state index in [4.69, 9.17) is 48.1 Å². The van der Waals surface area contributed by atoms with Gasteiger partial charge < -0.3 is 73.8 Å². The van der Waals surface area contributed by atoms with Crippen LogP contribution in [0.5, 0.6) is 0 Å². The van der Waals surface area contributed by atoms with E-state index in [-0.39, 0.29) is 159 Å². The molecule has 0 saturated heterocycles. The smallest absolute Gasteiger partial charge is 0.407 e. The van der Waals surface area contributed by atoms with Crippen molar-refractivity contribution in [2.24, 2.45) is 39.4 Å². The Labute approximate surface area is 657 Å². The minimum absolute atomic E-state index is 0. The number of thiazole rings is 1. The molecule has 0 aliphatic rings. The zero-order chi connectivity index (χ0) is 82.8. The molecule has 110 heavy (non-hydrogen) atoms. The lowest BCUT2D eigenvalue weighted by Crippen LogP contribution is -2.34. The molecule has 2 unspecified atom stereocenters. The quantitative estimate of drug-likeness (QED) is 0.00725. The molecule has 33 heteroatoms. The SMILES string of the molecule is C.C.C=C(C)C(=O)OCCOC(=O)C(C)(C)CC.CCC(C)(C)C(=O)O.CCC(C)(C)C(=O)OCCNC(=O)Nc1nc2ccccc2[nH]1.CCC(C)(C)C(=O)OCCNC(=O)Sc1nc2ccccc2s1.CCC(C)C(=O)OCCOC(=O)CCC(=O)O.CCC(C)C(=O)OCCOC(=O)NCCOC(=O)C(C)C. The van der Waals surface area contributed by atoms with Crippen molar-refractivity contribution < 1.29 is 115 Å². The summed E-state index contributed by atoms with van der Waals surface area (Å²) in [5.74, 6) is -4.73. The van der Waals surface area contributed by atoms with E-state index in [0.29, 0.717) is 60.9 Å². The number of anilines is 1. The van der Waals surface area contributed by atoms with Gasteiger partial charge in [0.05, 0.1) is 93.1 Å². The molecule has 4 amide bonds. The van der Waals surface area contributed by atoms with Crippen LogP contribution in [-0.2, 0) is 90.6 Å². The number of aromatic nitrogens is 3. The maximum absolute atomic E-state index is 11.9. The van der Waals surface area contributed by atoms with Crippen LogP contribution in [0.25, 0.3) is 21.3 Å². The maximum Gasteiger partial charge on any atom is 0.407 e. The Kier molecular flexibility index (Phi) is 56.0. The van der Waals surface area contributed by atoms with Crippen LogP contribution >= 0.6 is 23.1 Å². The lowest BCUT2D eigenvalue weighted by Gasteiger charge is -2.20. The van der Waals surface area contributed by atoms with Crippen LogP contribution in [-0.4, -0.2) is 181 Å². The summed E-state index contributed by atoms with van der Waals surface area (Å²) in [6.45, 7) is 39.0. The molecule has 2 aromatic carbocycles. The first-order valence-corrected chi connectivity index (χ1v) is 37.3. The predicted octanol–water partition coefficient (Wildman–Crippen LogP) is 14.1. The largest absolute Gasteiger partial charge is 0.481 e. The number of para-hydroxylation sites is 3. The molecule has 624 valence electrons. The maximum atomic E-state index is 11.9. The number of fused-ring (bicyclic) bond motifs is 2. The number of amides is 4. The second-order valence-electron chi connectivity index (χ2n) is 26.8. The summed E-state index contributed by atoms with van der Waals surface area (Å²) in [5, 5.41) is 26.9. The average Bonchev–Trinajstić information content (AvgIpc) is 1.70. The van der Waals surface area contributed by atoms with Crippen LogP contribution in [0.3, 0.4) is 0 Å². The van der Waals surface area contributed by atoms with E-state index in [0.717, 1.165) is 33.0 Å². The van der Waals surface area contributed by atoms with Gasteiger partial charge in [-0.05, 0) is 125 Å². The number of thioether (sulfide) groups is 1. The number of esters is 8. The first-order chi connectivity index (χ1) is 50.5. The molecule has 31 nitrogen and oxygen atoms in total. The Bertz CT molecular complexity index is 3290. The van der Waals surface area contributed by atoms with Gasteiger partial charge in [-0.3, -0.25) is 53.3 Å². The van der Waals surface area contributed by atoms with Crippen molar-refractivity contribution in [2.75, 3.05) is 84.4 Å². The summed E-state index contributed by atoms with van der Waals surface area (Å²) in [6.07, 6.45) is 3.12. The molecule has 2 aromatic heterocycles. The fourth-order valence-electron chi connectivity index (χ4n) is 6.34. The Morgan fingerprint density at radius 2 is 0.927 bits per heavy atom. The number of carboxylic acids is 2. The second kappa shape index (κ2) is 57.7. The van der Waals surface area contributed by atoms with E-state index in [1.807, 2.05) is 132 Å². The number of rotatable bonds is 37. The number of aromatic amines is 1. The summed E-state index contributed by atoms with van der Waals surface area (Å²) in [4.78, 5) is 158. The highest BCUT2D eigenvalue weighted by molar-refractivity contribution is 8.14. The van der Waals surface area contributed by atoms with Gasteiger partial charge in [0.1, 0.15) is 59.5 Å². The number of ether oxygens (including phenoxy) is 9. The lowest BCUT2D eigenvalue weighted by atomic mass is 9.91. The number of carbonyl (C=O) groups excluding carboxylic acids is 11. The van der Waals surface area contributed by atoms with Crippen LogP contribution in [0, 0.1) is 39.4 Å². The van der Waals surface area contributed by atoms with Crippen molar-refractivity contribution in [3.05, 3.63) is 60.7 Å². The third kappa shape index (κ3) is 48.2. The predicted molar refractivity (Wildman–Crippen MR) is 422 cm³/mol. The zero-order valence-corrected chi connectivity index (χ0v) is 67.9. The Morgan fingerprint density at radius 3 is 1.37 bits per heavy atom. The van der Waals surface area contributed by atoms with Crippen molar-refractivity contribution in [2.45, 2.75) is 202 Å². The van der Waals surface area contributed by atoms with Gasteiger partial charge in [0, 0.05) is 17.3 Å². The molecule has 0 aliphatic heterocycles. The van der Waals surface area contributed by atoms with Gasteiger partial charge in [0.15, 0.2) is 4.34 Å². The monoisotopic (exact) mass is 1600 g/mol. The summed E-state index contributed by atoms with van der Waals surface area (Å²) in [6, 6.07) is 14.8. The van der Waals surface area contributed by atoms with E-state index >= 15 is 0 Å². The minimum Gasteiger partial charge on any atom is -0.481 e. The van der Waals surface area contributed by atoms with Gasteiger partial charge in [-0.15, -0.1) is 11.3 Å². The highest BCUT2D eigenvalue weighted by Crippen LogP contribution is 2.30. The van der Waals surface area contributed by atoms with Crippen LogP contribution in [0.2, 0.25) is 0 Å². The lowest BCUT2D eigenvalue weighted by molar-refractivity contribution is -0.158. The number of nitrogens with zero attached hydrogens (tertiary/aromatic N) is 2. The van der Waals surface area contributed by atoms with Crippen molar-refractivity contribution in [3.8, 4) is 0 Å². The molecule has 0 saturated carbocycles. The van der Waals surface area contributed by atoms with Crippen LogP contribution in [0.4, 0.5) is 20.3 Å². The van der Waals surface area contributed by atoms with Crippen LogP contribution < -0.4 is 21.3 Å². The van der Waals surface area contributed by atoms with Gasteiger partial charge in [0.25, 0.3) is 5.24 Å². The number of alkyl carbamates (subject to hydrolysis) is 1. The zero-order valence-electron chi connectivity index (χ0n) is 66.3. The van der Waals surface area contributed by atoms with Gasteiger partial charge in [-0.2, -0.15) is 0 Å². The topological polar surface area (TPSA) is 435 Å². The number of nitrogens with one attached hydrogen (secondary N) is 5. The Balaban J connectivity index is -0.000000624. The summed E-state index contributed by atoms with van der Waals surface area (Å²) in [7, 11) is 0. The average molecular weight is 1600 g/mol. The van der Waals surface area contributed by atoms with E-state index in [1.165, 1.54) is 11.3 Å². The standard InChI is InChI=1S/C16H22N4O3.C16H20N2O3S2.C14H25NO6.C12H20O4.C11H18O6.C6H12O2.2CH4/c1-4-16(2,3)13(21)23-10-9-17-15(22)20-14-18-11-7-5-6-8-12(11)19-14;1-4-16(2,3)13(19)21-10-9-17-14(20)23-15-18-11-7-5-6-8-12(11)22-15;1-5-11(4)13(17)20-8-9-21-14(18)15-6-7-19-12(16)10(2)3;1-6-12(4,5)11(14)16-8-7-15-10(13)9(2)3;1-3-8(2)11(15)17-7-6-16-10(14)5-4-9(12)13;1-4-6(2,3)5(7)8;;/h5-8H,4,9-10H2,1-3H3,(H3,17,18,19,20,22);5-8H,4,9-10H2,1-3H3,(H,17,20);10-11H,5-9H2,1-4H3,(H,15,18);2,6-8H2,1,3-5H3;8H,3-7H2,1-2H3,(H,12,13);4H2,1-3H3,(H,7,8);2*1H4. The Hall–Kier alpha value is -9.40. The van der Waals surface area contributed by atoms with Gasteiger partial charge >= 0.3 is 71.8 Å². The minimum atomic E-state index is -1.05. The molecule has 0 aliphatic carbocycles. The summed E-state index contributed by atoms with van der Waals surface area (Å²) < 4.78 is 45.9. The van der Waals surface area contributed by atoms with E-state index in [2.05, 4.69) is 47.5 Å². The second-order valence-corrected chi connectivity index (χ2v) is 29.0. The van der Waals surface area contributed by atoms with Gasteiger partial charge in [0.2, 0.25) is 5.95 Å². The fraction of sp³-hybridized carbons (Fsp3) is 0.623.